The number of furan rings is 1. The van der Waals surface area contributed by atoms with Gasteiger partial charge in [0.15, 0.2) is 0 Å². The molecule has 2 nitrogen and oxygen atoms in total. The van der Waals surface area contributed by atoms with Crippen LogP contribution in [0.1, 0.15) is 24.8 Å². The molecule has 14 heavy (non-hydrogen) atoms. The molecule has 0 bridgehead atoms. The van der Waals surface area contributed by atoms with Gasteiger partial charge in [0.05, 0.1) is 12.5 Å². The summed E-state index contributed by atoms with van der Waals surface area (Å²) in [7, 11) is 0. The molecule has 3 rings (SSSR count). The molecule has 0 saturated heterocycles. The highest BCUT2D eigenvalue weighted by atomic mass is 16.3. The lowest BCUT2D eigenvalue weighted by atomic mass is 9.78. The Kier molecular flexibility index (Phi) is 1.75. The molecule has 1 heterocycles. The van der Waals surface area contributed by atoms with Crippen molar-refractivity contribution in [3.8, 4) is 0 Å². The van der Waals surface area contributed by atoms with Crippen LogP contribution >= 0.6 is 0 Å². The maximum atomic E-state index is 5.94. The maximum absolute atomic E-state index is 5.94. The summed E-state index contributed by atoms with van der Waals surface area (Å²) in [6, 6.07) is 2.07. The van der Waals surface area contributed by atoms with Gasteiger partial charge in [-0.2, -0.15) is 0 Å². The second kappa shape index (κ2) is 2.86. The topological polar surface area (TPSA) is 39.2 Å². The standard InChI is InChI=1S/C12H17NO/c13-8-12(4-9-1-2-14-7-9)5-10-3-11(10)6-12/h1-2,7,10-11H,3-6,8,13H2. The minimum atomic E-state index is 0.400. The summed E-state index contributed by atoms with van der Waals surface area (Å²) >= 11 is 0. The fraction of sp³-hybridized carbons (Fsp3) is 0.667. The average Bonchev–Trinajstić information content (AvgIpc) is 2.68. The van der Waals surface area contributed by atoms with Crippen LogP contribution in [0.3, 0.4) is 0 Å². The van der Waals surface area contributed by atoms with Crippen LogP contribution in [0.4, 0.5) is 0 Å². The largest absolute Gasteiger partial charge is 0.472 e. The van der Waals surface area contributed by atoms with Crippen LogP contribution in [-0.2, 0) is 6.42 Å². The molecule has 2 aliphatic rings. The van der Waals surface area contributed by atoms with E-state index in [-0.39, 0.29) is 0 Å². The van der Waals surface area contributed by atoms with Crippen molar-refractivity contribution in [3.05, 3.63) is 24.2 Å². The first-order valence-electron chi connectivity index (χ1n) is 5.52. The van der Waals surface area contributed by atoms with Gasteiger partial charge in [-0.15, -0.1) is 0 Å². The van der Waals surface area contributed by atoms with Crippen LogP contribution in [-0.4, -0.2) is 6.54 Å². The molecule has 0 amide bonds. The molecule has 2 fully saturated rings. The monoisotopic (exact) mass is 191 g/mol. The molecular formula is C12H17NO. The predicted molar refractivity (Wildman–Crippen MR) is 54.7 cm³/mol. The minimum Gasteiger partial charge on any atom is -0.472 e. The van der Waals surface area contributed by atoms with Crippen molar-refractivity contribution in [1.82, 2.24) is 0 Å². The molecule has 0 radical (unpaired) electrons. The number of hydrogen-bond acceptors (Lipinski definition) is 2. The van der Waals surface area contributed by atoms with Crippen molar-refractivity contribution in [2.75, 3.05) is 6.54 Å². The van der Waals surface area contributed by atoms with Gasteiger partial charge >= 0.3 is 0 Å². The fourth-order valence-corrected chi connectivity index (χ4v) is 3.22. The van der Waals surface area contributed by atoms with E-state index in [2.05, 4.69) is 6.07 Å². The molecule has 1 aromatic rings. The zero-order chi connectivity index (χ0) is 9.60. The lowest BCUT2D eigenvalue weighted by Crippen LogP contribution is -2.31. The molecular weight excluding hydrogens is 174 g/mol. The Morgan fingerprint density at radius 2 is 2.21 bits per heavy atom. The van der Waals surface area contributed by atoms with Gasteiger partial charge in [0.2, 0.25) is 0 Å². The molecule has 76 valence electrons. The van der Waals surface area contributed by atoms with E-state index in [0.29, 0.717) is 5.41 Å². The molecule has 2 heteroatoms. The van der Waals surface area contributed by atoms with Crippen molar-refractivity contribution in [2.45, 2.75) is 25.7 Å². The first-order valence-corrected chi connectivity index (χ1v) is 5.52. The highest BCUT2D eigenvalue weighted by molar-refractivity contribution is 5.13. The Morgan fingerprint density at radius 3 is 2.79 bits per heavy atom. The third kappa shape index (κ3) is 1.29. The van der Waals surface area contributed by atoms with Gasteiger partial charge in [0.25, 0.3) is 0 Å². The Morgan fingerprint density at radius 1 is 1.43 bits per heavy atom. The Labute approximate surface area is 84.5 Å². The van der Waals surface area contributed by atoms with E-state index in [1.54, 1.807) is 6.26 Å². The summed E-state index contributed by atoms with van der Waals surface area (Å²) in [5, 5.41) is 0. The van der Waals surface area contributed by atoms with Gasteiger partial charge in [-0.05, 0) is 61.1 Å². The second-order valence-corrected chi connectivity index (χ2v) is 5.18. The Bertz CT molecular complexity index is 307. The highest BCUT2D eigenvalue weighted by Crippen LogP contribution is 2.60. The molecule has 2 unspecified atom stereocenters. The second-order valence-electron chi connectivity index (χ2n) is 5.18. The molecule has 0 aliphatic heterocycles. The summed E-state index contributed by atoms with van der Waals surface area (Å²) in [5.74, 6) is 2.01. The summed E-state index contributed by atoms with van der Waals surface area (Å²) in [6.45, 7) is 0.838. The number of nitrogens with two attached hydrogens (primary N) is 1. The van der Waals surface area contributed by atoms with Crippen LogP contribution in [0.5, 0.6) is 0 Å². The Hall–Kier alpha value is -0.760. The SMILES string of the molecule is NCC1(Cc2ccoc2)CC2CC2C1. The van der Waals surface area contributed by atoms with Gasteiger partial charge in [-0.3, -0.25) is 0 Å². The number of hydrogen-bond donors (Lipinski definition) is 1. The molecule has 2 saturated carbocycles. The van der Waals surface area contributed by atoms with E-state index in [0.717, 1.165) is 24.8 Å². The van der Waals surface area contributed by atoms with E-state index in [4.69, 9.17) is 10.2 Å². The van der Waals surface area contributed by atoms with Crippen LogP contribution in [0.15, 0.2) is 23.0 Å². The molecule has 1 aromatic heterocycles. The fourth-order valence-electron chi connectivity index (χ4n) is 3.22. The van der Waals surface area contributed by atoms with E-state index in [9.17, 15) is 0 Å². The van der Waals surface area contributed by atoms with E-state index in [1.807, 2.05) is 6.26 Å². The van der Waals surface area contributed by atoms with Crippen molar-refractivity contribution in [2.24, 2.45) is 23.0 Å². The van der Waals surface area contributed by atoms with Crippen LogP contribution in [0, 0.1) is 17.3 Å². The van der Waals surface area contributed by atoms with Gasteiger partial charge in [0.1, 0.15) is 0 Å². The van der Waals surface area contributed by atoms with E-state index < -0.39 is 0 Å². The average molecular weight is 191 g/mol. The van der Waals surface area contributed by atoms with Crippen LogP contribution < -0.4 is 5.73 Å². The first-order chi connectivity index (χ1) is 6.81. The van der Waals surface area contributed by atoms with Gasteiger partial charge in [0, 0.05) is 0 Å². The molecule has 2 N–H and O–H groups in total. The third-order valence-electron chi connectivity index (χ3n) is 4.05. The van der Waals surface area contributed by atoms with E-state index >= 15 is 0 Å². The van der Waals surface area contributed by atoms with Crippen molar-refractivity contribution < 1.29 is 4.42 Å². The molecule has 2 aliphatic carbocycles. The maximum Gasteiger partial charge on any atom is 0.0934 e. The van der Waals surface area contributed by atoms with Crippen LogP contribution in [0.2, 0.25) is 0 Å². The summed E-state index contributed by atoms with van der Waals surface area (Å²) < 4.78 is 5.11. The summed E-state index contributed by atoms with van der Waals surface area (Å²) in [6.07, 6.45) is 8.90. The number of fused-ring (bicyclic) bond motifs is 1. The lowest BCUT2D eigenvalue weighted by Gasteiger charge is -2.28. The van der Waals surface area contributed by atoms with Crippen molar-refractivity contribution in [3.63, 3.8) is 0 Å². The zero-order valence-electron chi connectivity index (χ0n) is 8.41. The lowest BCUT2D eigenvalue weighted by molar-refractivity contribution is 0.272. The van der Waals surface area contributed by atoms with Crippen molar-refractivity contribution >= 4 is 0 Å². The van der Waals surface area contributed by atoms with Crippen LogP contribution in [0.25, 0.3) is 0 Å². The zero-order valence-corrected chi connectivity index (χ0v) is 8.41. The van der Waals surface area contributed by atoms with E-state index in [1.165, 1.54) is 24.8 Å². The molecule has 0 aromatic carbocycles. The smallest absolute Gasteiger partial charge is 0.0934 e. The first kappa shape index (κ1) is 8.54. The predicted octanol–water partition coefficient (Wildman–Crippen LogP) is 2.20. The minimum absolute atomic E-state index is 0.400. The van der Waals surface area contributed by atoms with Crippen molar-refractivity contribution in [1.29, 1.82) is 0 Å². The molecule has 0 spiro atoms. The van der Waals surface area contributed by atoms with Gasteiger partial charge in [-0.1, -0.05) is 0 Å². The number of rotatable bonds is 3. The highest BCUT2D eigenvalue weighted by Gasteiger charge is 2.52. The quantitative estimate of drug-likeness (QED) is 0.795. The Balaban J connectivity index is 1.75. The third-order valence-corrected chi connectivity index (χ3v) is 4.05. The summed E-state index contributed by atoms with van der Waals surface area (Å²) in [4.78, 5) is 0. The molecule has 2 atom stereocenters. The van der Waals surface area contributed by atoms with Gasteiger partial charge in [-0.25, -0.2) is 0 Å². The summed E-state index contributed by atoms with van der Waals surface area (Å²) in [5.41, 5.74) is 7.65. The van der Waals surface area contributed by atoms with Gasteiger partial charge < -0.3 is 10.2 Å². The normalized spacial score (nSPS) is 39.8.